The Labute approximate surface area is 178 Å². The molecule has 0 bridgehead atoms. The van der Waals surface area contributed by atoms with Crippen LogP contribution in [0.25, 0.3) is 10.9 Å². The van der Waals surface area contributed by atoms with E-state index in [9.17, 15) is 14.7 Å². The SMILES string of the molecule is Cc1c(C(=O)O)[nH]c2ccc(NC(=O)c3ccc(N(CCCl)CCCl)cc3)cc12. The average molecular weight is 434 g/mol. The number of benzene rings is 2. The van der Waals surface area contributed by atoms with Crippen molar-refractivity contribution in [1.82, 2.24) is 4.98 Å². The van der Waals surface area contributed by atoms with Crippen molar-refractivity contribution in [3.05, 3.63) is 59.3 Å². The molecule has 3 N–H and O–H groups in total. The fourth-order valence-electron chi connectivity index (χ4n) is 3.22. The number of aromatic carboxylic acids is 1. The molecule has 2 aromatic carbocycles. The van der Waals surface area contributed by atoms with Gasteiger partial charge in [-0.1, -0.05) is 0 Å². The molecule has 0 aliphatic heterocycles. The van der Waals surface area contributed by atoms with Gasteiger partial charge in [0.1, 0.15) is 5.69 Å². The van der Waals surface area contributed by atoms with E-state index in [1.54, 1.807) is 37.3 Å². The van der Waals surface area contributed by atoms with Crippen molar-refractivity contribution in [3.8, 4) is 0 Å². The lowest BCUT2D eigenvalue weighted by Gasteiger charge is -2.22. The molecule has 0 radical (unpaired) electrons. The number of anilines is 2. The van der Waals surface area contributed by atoms with Crippen LogP contribution in [0.2, 0.25) is 0 Å². The van der Waals surface area contributed by atoms with E-state index in [1.165, 1.54) is 0 Å². The minimum atomic E-state index is -1.01. The van der Waals surface area contributed by atoms with Gasteiger partial charge in [-0.15, -0.1) is 23.2 Å². The molecular weight excluding hydrogens is 413 g/mol. The summed E-state index contributed by atoms with van der Waals surface area (Å²) in [6, 6.07) is 12.5. The molecule has 0 spiro atoms. The van der Waals surface area contributed by atoms with Crippen LogP contribution in [0.15, 0.2) is 42.5 Å². The number of nitrogens with zero attached hydrogens (tertiary/aromatic N) is 1. The van der Waals surface area contributed by atoms with Gasteiger partial charge in [-0.2, -0.15) is 0 Å². The number of hydrogen-bond donors (Lipinski definition) is 3. The fourth-order valence-corrected chi connectivity index (χ4v) is 3.63. The van der Waals surface area contributed by atoms with E-state index in [0.29, 0.717) is 47.2 Å². The fraction of sp³-hybridized carbons (Fsp3) is 0.238. The lowest BCUT2D eigenvalue weighted by atomic mass is 10.1. The molecule has 1 amide bonds. The number of carboxylic acids is 1. The highest BCUT2D eigenvalue weighted by Crippen LogP contribution is 2.25. The molecule has 0 saturated carbocycles. The lowest BCUT2D eigenvalue weighted by molar-refractivity contribution is 0.0690. The third-order valence-corrected chi connectivity index (χ3v) is 5.07. The van der Waals surface area contributed by atoms with Crippen LogP contribution in [0.3, 0.4) is 0 Å². The maximum atomic E-state index is 12.6. The zero-order valence-corrected chi connectivity index (χ0v) is 17.3. The van der Waals surface area contributed by atoms with Gasteiger partial charge in [-0.3, -0.25) is 4.79 Å². The minimum absolute atomic E-state index is 0.150. The molecule has 0 aliphatic carbocycles. The summed E-state index contributed by atoms with van der Waals surface area (Å²) >= 11 is 11.7. The highest BCUT2D eigenvalue weighted by molar-refractivity contribution is 6.18. The van der Waals surface area contributed by atoms with E-state index in [4.69, 9.17) is 23.2 Å². The number of aromatic nitrogens is 1. The summed E-state index contributed by atoms with van der Waals surface area (Å²) < 4.78 is 0. The zero-order valence-electron chi connectivity index (χ0n) is 15.8. The lowest BCUT2D eigenvalue weighted by Crippen LogP contribution is -2.27. The van der Waals surface area contributed by atoms with Crippen LogP contribution in [-0.2, 0) is 0 Å². The second-order valence-electron chi connectivity index (χ2n) is 6.56. The molecule has 1 heterocycles. The van der Waals surface area contributed by atoms with Crippen LogP contribution in [0.5, 0.6) is 0 Å². The molecule has 0 saturated heterocycles. The Balaban J connectivity index is 1.77. The first-order chi connectivity index (χ1) is 13.9. The van der Waals surface area contributed by atoms with Crippen molar-refractivity contribution in [2.24, 2.45) is 0 Å². The topological polar surface area (TPSA) is 85.4 Å². The van der Waals surface area contributed by atoms with Crippen LogP contribution in [-0.4, -0.2) is 46.8 Å². The summed E-state index contributed by atoms with van der Waals surface area (Å²) in [5.41, 5.74) is 3.55. The number of carbonyl (C=O) groups excluding carboxylic acids is 1. The molecule has 0 aliphatic rings. The Morgan fingerprint density at radius 3 is 2.31 bits per heavy atom. The monoisotopic (exact) mass is 433 g/mol. The number of fused-ring (bicyclic) bond motifs is 1. The van der Waals surface area contributed by atoms with Crippen molar-refractivity contribution >= 4 is 57.4 Å². The molecule has 152 valence electrons. The third-order valence-electron chi connectivity index (χ3n) is 4.73. The van der Waals surface area contributed by atoms with E-state index >= 15 is 0 Å². The number of carbonyl (C=O) groups is 2. The van der Waals surface area contributed by atoms with E-state index < -0.39 is 5.97 Å². The number of rotatable bonds is 8. The summed E-state index contributed by atoms with van der Waals surface area (Å²) in [7, 11) is 0. The summed E-state index contributed by atoms with van der Waals surface area (Å²) in [6.45, 7) is 3.09. The number of halogens is 2. The largest absolute Gasteiger partial charge is 0.477 e. The van der Waals surface area contributed by atoms with Gasteiger partial charge in [0, 0.05) is 52.7 Å². The number of aromatic amines is 1. The number of carboxylic acid groups (broad SMARTS) is 1. The number of alkyl halides is 2. The Morgan fingerprint density at radius 1 is 1.07 bits per heavy atom. The molecule has 29 heavy (non-hydrogen) atoms. The standard InChI is InChI=1S/C21H21Cl2N3O3/c1-13-17-12-15(4-7-18(17)25-19(13)21(28)29)24-20(27)14-2-5-16(6-3-14)26(10-8-22)11-9-23/h2-7,12,25H,8-11H2,1H3,(H,24,27)(H,28,29). The summed E-state index contributed by atoms with van der Waals surface area (Å²) in [5.74, 6) is -0.279. The van der Waals surface area contributed by atoms with Crippen molar-refractivity contribution in [3.63, 3.8) is 0 Å². The van der Waals surface area contributed by atoms with E-state index in [1.807, 2.05) is 12.1 Å². The van der Waals surface area contributed by atoms with Crippen LogP contribution >= 0.6 is 23.2 Å². The molecule has 0 fully saturated rings. The smallest absolute Gasteiger partial charge is 0.352 e. The molecule has 8 heteroatoms. The predicted octanol–water partition coefficient (Wildman–Crippen LogP) is 4.71. The van der Waals surface area contributed by atoms with Gasteiger partial charge in [-0.05, 0) is 55.0 Å². The minimum Gasteiger partial charge on any atom is -0.477 e. The molecule has 1 aromatic heterocycles. The van der Waals surface area contributed by atoms with Crippen molar-refractivity contribution in [2.45, 2.75) is 6.92 Å². The first kappa shape index (κ1) is 21.0. The Bertz CT molecular complexity index is 1030. The highest BCUT2D eigenvalue weighted by atomic mass is 35.5. The molecule has 0 atom stereocenters. The van der Waals surface area contributed by atoms with Crippen molar-refractivity contribution < 1.29 is 14.7 Å². The van der Waals surface area contributed by atoms with Gasteiger partial charge in [0.2, 0.25) is 0 Å². The Hall–Kier alpha value is -2.70. The highest BCUT2D eigenvalue weighted by Gasteiger charge is 2.15. The number of H-pyrrole nitrogens is 1. The van der Waals surface area contributed by atoms with E-state index in [-0.39, 0.29) is 11.6 Å². The van der Waals surface area contributed by atoms with Crippen LogP contribution < -0.4 is 10.2 Å². The van der Waals surface area contributed by atoms with Crippen molar-refractivity contribution in [1.29, 1.82) is 0 Å². The summed E-state index contributed by atoms with van der Waals surface area (Å²) in [5, 5.41) is 12.9. The van der Waals surface area contributed by atoms with Crippen LogP contribution in [0.4, 0.5) is 11.4 Å². The van der Waals surface area contributed by atoms with Gasteiger partial charge in [0.05, 0.1) is 0 Å². The maximum Gasteiger partial charge on any atom is 0.352 e. The van der Waals surface area contributed by atoms with E-state index in [0.717, 1.165) is 11.1 Å². The number of hydrogen-bond acceptors (Lipinski definition) is 3. The van der Waals surface area contributed by atoms with Crippen molar-refractivity contribution in [2.75, 3.05) is 35.1 Å². The average Bonchev–Trinajstić information content (AvgIpc) is 3.04. The van der Waals surface area contributed by atoms with Gasteiger partial charge >= 0.3 is 5.97 Å². The molecule has 3 rings (SSSR count). The Kier molecular flexibility index (Phi) is 6.67. The second kappa shape index (κ2) is 9.20. The normalized spacial score (nSPS) is 10.9. The molecule has 0 unspecified atom stereocenters. The van der Waals surface area contributed by atoms with Gasteiger partial charge < -0.3 is 20.3 Å². The first-order valence-corrected chi connectivity index (χ1v) is 10.2. The molecular formula is C21H21Cl2N3O3. The van der Waals surface area contributed by atoms with Gasteiger partial charge in [0.25, 0.3) is 5.91 Å². The first-order valence-electron chi connectivity index (χ1n) is 9.08. The number of nitrogens with one attached hydrogen (secondary N) is 2. The predicted molar refractivity (Wildman–Crippen MR) is 118 cm³/mol. The second-order valence-corrected chi connectivity index (χ2v) is 7.31. The maximum absolute atomic E-state index is 12.6. The quantitative estimate of drug-likeness (QED) is 0.449. The Morgan fingerprint density at radius 2 is 1.72 bits per heavy atom. The number of aryl methyl sites for hydroxylation is 1. The van der Waals surface area contributed by atoms with Crippen LogP contribution in [0, 0.1) is 6.92 Å². The molecule has 3 aromatic rings. The van der Waals surface area contributed by atoms with Gasteiger partial charge in [0.15, 0.2) is 0 Å². The zero-order chi connectivity index (χ0) is 21.0. The number of amides is 1. The summed E-state index contributed by atoms with van der Waals surface area (Å²) in [6.07, 6.45) is 0. The van der Waals surface area contributed by atoms with Crippen LogP contribution in [0.1, 0.15) is 26.4 Å². The summed E-state index contributed by atoms with van der Waals surface area (Å²) in [4.78, 5) is 28.8. The van der Waals surface area contributed by atoms with Gasteiger partial charge in [-0.25, -0.2) is 4.79 Å². The molecule has 6 nitrogen and oxygen atoms in total. The third kappa shape index (κ3) is 4.66. The van der Waals surface area contributed by atoms with E-state index in [2.05, 4.69) is 15.2 Å².